The maximum atomic E-state index is 11.4. The number of nitrogens with zero attached hydrogens (tertiary/aromatic N) is 1. The summed E-state index contributed by atoms with van der Waals surface area (Å²) in [5, 5.41) is 9.66. The maximum Gasteiger partial charge on any atom is 0.323 e. The molecule has 1 unspecified atom stereocenters. The van der Waals surface area contributed by atoms with Crippen molar-refractivity contribution in [1.29, 1.82) is 0 Å². The van der Waals surface area contributed by atoms with Crippen LogP contribution in [0.4, 0.5) is 0 Å². The Morgan fingerprint density at radius 1 is 1.64 bits per heavy atom. The summed E-state index contributed by atoms with van der Waals surface area (Å²) in [5.74, 6) is -0.188. The van der Waals surface area contributed by atoms with Gasteiger partial charge in [0.1, 0.15) is 6.04 Å². The van der Waals surface area contributed by atoms with Crippen LogP contribution in [-0.4, -0.2) is 47.8 Å². The Kier molecular flexibility index (Phi) is 3.50. The molecular weight excluding hydrogens is 182 g/mol. The highest BCUT2D eigenvalue weighted by atomic mass is 16.5. The first kappa shape index (κ1) is 11.5. The third kappa shape index (κ3) is 2.96. The van der Waals surface area contributed by atoms with Crippen molar-refractivity contribution in [3.8, 4) is 0 Å². The predicted octanol–water partition coefficient (Wildman–Crippen LogP) is 0.395. The molecule has 0 aromatic carbocycles. The van der Waals surface area contributed by atoms with Gasteiger partial charge in [0, 0.05) is 6.54 Å². The molecule has 1 saturated heterocycles. The molecule has 1 aliphatic heterocycles. The first-order valence-electron chi connectivity index (χ1n) is 4.98. The van der Waals surface area contributed by atoms with E-state index in [2.05, 4.69) is 0 Å². The van der Waals surface area contributed by atoms with E-state index in [1.807, 2.05) is 4.90 Å². The van der Waals surface area contributed by atoms with Crippen LogP contribution in [0.15, 0.2) is 0 Å². The second kappa shape index (κ2) is 4.28. The van der Waals surface area contributed by atoms with Gasteiger partial charge in [-0.05, 0) is 33.2 Å². The smallest absolute Gasteiger partial charge is 0.323 e. The minimum atomic E-state index is -0.753. The summed E-state index contributed by atoms with van der Waals surface area (Å²) in [6.45, 7) is 4.88. The lowest BCUT2D eigenvalue weighted by Gasteiger charge is -2.28. The second-order valence-electron chi connectivity index (χ2n) is 4.46. The van der Waals surface area contributed by atoms with Crippen molar-refractivity contribution in [2.45, 2.75) is 38.3 Å². The van der Waals surface area contributed by atoms with Gasteiger partial charge in [-0.1, -0.05) is 0 Å². The molecule has 1 N–H and O–H groups in total. The van der Waals surface area contributed by atoms with Crippen LogP contribution in [0.25, 0.3) is 0 Å². The zero-order valence-corrected chi connectivity index (χ0v) is 9.12. The van der Waals surface area contributed by atoms with E-state index in [0.29, 0.717) is 6.54 Å². The zero-order valence-electron chi connectivity index (χ0n) is 9.12. The first-order valence-corrected chi connectivity index (χ1v) is 4.98. The monoisotopic (exact) mass is 201 g/mol. The Balaban J connectivity index is 2.56. The molecule has 82 valence electrons. The molecular formula is C10H19NO3. The average molecular weight is 201 g/mol. The zero-order chi connectivity index (χ0) is 10.8. The van der Waals surface area contributed by atoms with Crippen molar-refractivity contribution in [3.63, 3.8) is 0 Å². The first-order chi connectivity index (χ1) is 6.44. The summed E-state index contributed by atoms with van der Waals surface area (Å²) in [7, 11) is 1.41. The molecule has 0 aromatic heterocycles. The van der Waals surface area contributed by atoms with Crippen LogP contribution >= 0.6 is 0 Å². The van der Waals surface area contributed by atoms with Crippen LogP contribution in [0.1, 0.15) is 26.7 Å². The molecule has 0 spiro atoms. The van der Waals surface area contributed by atoms with Gasteiger partial charge in [0.2, 0.25) is 0 Å². The Morgan fingerprint density at radius 2 is 2.29 bits per heavy atom. The topological polar surface area (TPSA) is 49.8 Å². The molecule has 1 heterocycles. The Bertz CT molecular complexity index is 210. The standard InChI is InChI=1S/C10H19NO3/c1-10(2,13)7-11-6-4-5-8(11)9(12)14-3/h8,13H,4-7H2,1-3H3. The van der Waals surface area contributed by atoms with Gasteiger partial charge in [-0.15, -0.1) is 0 Å². The number of rotatable bonds is 3. The minimum Gasteiger partial charge on any atom is -0.468 e. The molecule has 1 fully saturated rings. The number of β-amino-alcohol motifs (C(OH)–C–C–N with tert-alkyl or cyclic N) is 1. The van der Waals surface area contributed by atoms with E-state index in [1.165, 1.54) is 7.11 Å². The molecule has 0 amide bonds. The van der Waals surface area contributed by atoms with E-state index in [-0.39, 0.29) is 12.0 Å². The molecule has 1 rings (SSSR count). The lowest BCUT2D eigenvalue weighted by atomic mass is 10.1. The number of hydrogen-bond donors (Lipinski definition) is 1. The molecule has 1 atom stereocenters. The molecule has 1 aliphatic rings. The third-order valence-corrected chi connectivity index (χ3v) is 2.43. The average Bonchev–Trinajstić information content (AvgIpc) is 2.48. The van der Waals surface area contributed by atoms with Gasteiger partial charge in [-0.3, -0.25) is 9.69 Å². The number of aliphatic hydroxyl groups is 1. The molecule has 0 bridgehead atoms. The van der Waals surface area contributed by atoms with Crippen LogP contribution in [0.3, 0.4) is 0 Å². The molecule has 4 heteroatoms. The fourth-order valence-electron chi connectivity index (χ4n) is 1.92. The fraction of sp³-hybridized carbons (Fsp3) is 0.900. The van der Waals surface area contributed by atoms with Crippen molar-refractivity contribution in [2.75, 3.05) is 20.2 Å². The number of methoxy groups -OCH3 is 1. The van der Waals surface area contributed by atoms with Crippen LogP contribution < -0.4 is 0 Å². The quantitative estimate of drug-likeness (QED) is 0.671. The van der Waals surface area contributed by atoms with Gasteiger partial charge >= 0.3 is 5.97 Å². The predicted molar refractivity (Wildman–Crippen MR) is 52.9 cm³/mol. The fourth-order valence-corrected chi connectivity index (χ4v) is 1.92. The van der Waals surface area contributed by atoms with Gasteiger partial charge < -0.3 is 9.84 Å². The number of carbonyl (C=O) groups is 1. The molecule has 0 radical (unpaired) electrons. The van der Waals surface area contributed by atoms with Gasteiger partial charge in [0.05, 0.1) is 12.7 Å². The number of ether oxygens (including phenoxy) is 1. The van der Waals surface area contributed by atoms with Crippen molar-refractivity contribution in [3.05, 3.63) is 0 Å². The summed E-state index contributed by atoms with van der Waals surface area (Å²) in [6, 6.07) is -0.161. The highest BCUT2D eigenvalue weighted by Gasteiger charge is 2.34. The highest BCUT2D eigenvalue weighted by Crippen LogP contribution is 2.20. The van der Waals surface area contributed by atoms with Crippen molar-refractivity contribution < 1.29 is 14.6 Å². The van der Waals surface area contributed by atoms with Crippen LogP contribution in [0.5, 0.6) is 0 Å². The normalized spacial score (nSPS) is 23.9. The maximum absolute atomic E-state index is 11.4. The summed E-state index contributed by atoms with van der Waals surface area (Å²) < 4.78 is 4.72. The summed E-state index contributed by atoms with van der Waals surface area (Å²) in [4.78, 5) is 13.4. The van der Waals surface area contributed by atoms with E-state index < -0.39 is 5.60 Å². The van der Waals surface area contributed by atoms with E-state index in [9.17, 15) is 9.90 Å². The van der Waals surface area contributed by atoms with E-state index >= 15 is 0 Å². The van der Waals surface area contributed by atoms with E-state index in [4.69, 9.17) is 4.74 Å². The van der Waals surface area contributed by atoms with Crippen molar-refractivity contribution in [1.82, 2.24) is 4.90 Å². The van der Waals surface area contributed by atoms with Gasteiger partial charge in [-0.2, -0.15) is 0 Å². The number of likely N-dealkylation sites (tertiary alicyclic amines) is 1. The summed E-state index contributed by atoms with van der Waals surface area (Å²) in [6.07, 6.45) is 1.83. The third-order valence-electron chi connectivity index (χ3n) is 2.43. The van der Waals surface area contributed by atoms with Crippen LogP contribution in [0.2, 0.25) is 0 Å². The molecule has 4 nitrogen and oxygen atoms in total. The van der Waals surface area contributed by atoms with Crippen LogP contribution in [0, 0.1) is 0 Å². The van der Waals surface area contributed by atoms with Gasteiger partial charge in [-0.25, -0.2) is 0 Å². The van der Waals surface area contributed by atoms with E-state index in [1.54, 1.807) is 13.8 Å². The lowest BCUT2D eigenvalue weighted by Crippen LogP contribution is -2.44. The highest BCUT2D eigenvalue weighted by molar-refractivity contribution is 5.75. The molecule has 14 heavy (non-hydrogen) atoms. The van der Waals surface area contributed by atoms with Gasteiger partial charge in [0.15, 0.2) is 0 Å². The number of hydrogen-bond acceptors (Lipinski definition) is 4. The molecule has 0 aromatic rings. The Morgan fingerprint density at radius 3 is 2.79 bits per heavy atom. The summed E-state index contributed by atoms with van der Waals surface area (Å²) >= 11 is 0. The van der Waals surface area contributed by atoms with E-state index in [0.717, 1.165) is 19.4 Å². The SMILES string of the molecule is COC(=O)C1CCCN1CC(C)(C)O. The largest absolute Gasteiger partial charge is 0.468 e. The van der Waals surface area contributed by atoms with Crippen molar-refractivity contribution in [2.24, 2.45) is 0 Å². The Hall–Kier alpha value is -0.610. The summed E-state index contributed by atoms with van der Waals surface area (Å²) in [5.41, 5.74) is -0.753. The molecule has 0 aliphatic carbocycles. The van der Waals surface area contributed by atoms with Crippen LogP contribution in [-0.2, 0) is 9.53 Å². The minimum absolute atomic E-state index is 0.161. The Labute approximate surface area is 84.8 Å². The molecule has 0 saturated carbocycles. The van der Waals surface area contributed by atoms with Crippen molar-refractivity contribution >= 4 is 5.97 Å². The number of carbonyl (C=O) groups excluding carboxylic acids is 1. The lowest BCUT2D eigenvalue weighted by molar-refractivity contribution is -0.146. The number of esters is 1. The second-order valence-corrected chi connectivity index (χ2v) is 4.46. The van der Waals surface area contributed by atoms with Gasteiger partial charge in [0.25, 0.3) is 0 Å².